The van der Waals surface area contributed by atoms with Crippen LogP contribution in [-0.4, -0.2) is 11.7 Å². The highest BCUT2D eigenvalue weighted by Gasteiger charge is 1.89. The van der Waals surface area contributed by atoms with Crippen LogP contribution in [0, 0.1) is 0 Å². The Labute approximate surface area is 56.7 Å². The van der Waals surface area contributed by atoms with Gasteiger partial charge in [0.1, 0.15) is 0 Å². The molecule has 0 radical (unpaired) electrons. The summed E-state index contributed by atoms with van der Waals surface area (Å²) >= 11 is 0. The van der Waals surface area contributed by atoms with Gasteiger partial charge in [-0.3, -0.25) is 0 Å². The smallest absolute Gasteiger partial charge is 0.0641 e. The molecule has 0 atom stereocenters. The Kier molecular flexibility index (Phi) is 5.23. The molecule has 0 saturated carbocycles. The van der Waals surface area contributed by atoms with Gasteiger partial charge in [-0.25, -0.2) is 0 Å². The molecule has 0 amide bonds. The van der Waals surface area contributed by atoms with Crippen molar-refractivity contribution >= 4 is 0 Å². The quantitative estimate of drug-likeness (QED) is 0.570. The molecule has 0 aliphatic rings. The number of hydrogen-bond acceptors (Lipinski definition) is 1. The molecule has 0 fully saturated rings. The summed E-state index contributed by atoms with van der Waals surface area (Å²) in [4.78, 5) is 0. The van der Waals surface area contributed by atoms with Gasteiger partial charge in [0.25, 0.3) is 0 Å². The van der Waals surface area contributed by atoms with Gasteiger partial charge in [-0.2, -0.15) is 0 Å². The van der Waals surface area contributed by atoms with E-state index >= 15 is 0 Å². The minimum Gasteiger partial charge on any atom is -0.392 e. The first-order valence-corrected chi connectivity index (χ1v) is 3.21. The van der Waals surface area contributed by atoms with Crippen LogP contribution in [0.15, 0.2) is 24.3 Å². The molecule has 0 aliphatic carbocycles. The van der Waals surface area contributed by atoms with Crippen LogP contribution in [0.4, 0.5) is 0 Å². The van der Waals surface area contributed by atoms with Crippen LogP contribution in [0.1, 0.15) is 19.8 Å². The van der Waals surface area contributed by atoms with Crippen LogP contribution in [0.25, 0.3) is 0 Å². The van der Waals surface area contributed by atoms with E-state index in [1.165, 1.54) is 0 Å². The Bertz CT molecular complexity index is 103. The molecule has 0 aromatic carbocycles. The Hall–Kier alpha value is -0.560. The third-order valence-corrected chi connectivity index (χ3v) is 1.28. The van der Waals surface area contributed by atoms with Crippen molar-refractivity contribution in [3.05, 3.63) is 24.3 Å². The Morgan fingerprint density at radius 1 is 1.67 bits per heavy atom. The zero-order valence-electron chi connectivity index (χ0n) is 5.93. The molecule has 0 aromatic heterocycles. The molecular weight excluding hydrogens is 112 g/mol. The molecule has 1 N–H and O–H groups in total. The van der Waals surface area contributed by atoms with Crippen LogP contribution in [0.2, 0.25) is 0 Å². The molecule has 0 aromatic rings. The fraction of sp³-hybridized carbons (Fsp3) is 0.500. The third kappa shape index (κ3) is 3.98. The van der Waals surface area contributed by atoms with Crippen LogP contribution >= 0.6 is 0 Å². The number of allylic oxidation sites excluding steroid dienone is 2. The molecule has 1 nitrogen and oxygen atoms in total. The molecule has 0 spiro atoms. The average molecular weight is 126 g/mol. The highest BCUT2D eigenvalue weighted by atomic mass is 16.3. The van der Waals surface area contributed by atoms with E-state index in [9.17, 15) is 0 Å². The highest BCUT2D eigenvalue weighted by Crippen LogP contribution is 2.02. The number of hydrogen-bond donors (Lipinski definition) is 1. The molecule has 0 unspecified atom stereocenters. The Balaban J connectivity index is 3.44. The standard InChI is InChI=1S/C8H14O/c1-3-5-6-8(4-2)7-9/h3-4,9H,1,5-7H2,2H3/b8-4+. The minimum absolute atomic E-state index is 0.185. The summed E-state index contributed by atoms with van der Waals surface area (Å²) in [5, 5.41) is 8.65. The fourth-order valence-corrected chi connectivity index (χ4v) is 0.602. The van der Waals surface area contributed by atoms with Gasteiger partial charge in [0.2, 0.25) is 0 Å². The molecule has 0 heterocycles. The number of aliphatic hydroxyl groups is 1. The first-order chi connectivity index (χ1) is 4.35. The van der Waals surface area contributed by atoms with Gasteiger partial charge in [0.05, 0.1) is 6.61 Å². The first-order valence-electron chi connectivity index (χ1n) is 3.21. The Morgan fingerprint density at radius 2 is 2.33 bits per heavy atom. The zero-order valence-corrected chi connectivity index (χ0v) is 5.93. The van der Waals surface area contributed by atoms with E-state index in [1.807, 2.05) is 19.1 Å². The van der Waals surface area contributed by atoms with Gasteiger partial charge in [0.15, 0.2) is 0 Å². The van der Waals surface area contributed by atoms with Crippen LogP contribution in [0.5, 0.6) is 0 Å². The topological polar surface area (TPSA) is 20.2 Å². The second kappa shape index (κ2) is 5.57. The van der Waals surface area contributed by atoms with E-state index in [0.29, 0.717) is 0 Å². The second-order valence-electron chi connectivity index (χ2n) is 1.93. The van der Waals surface area contributed by atoms with Gasteiger partial charge in [-0.15, -0.1) is 6.58 Å². The molecular formula is C8H14O. The maximum absolute atomic E-state index is 8.65. The van der Waals surface area contributed by atoms with Crippen molar-refractivity contribution in [2.75, 3.05) is 6.61 Å². The van der Waals surface area contributed by atoms with Crippen molar-refractivity contribution in [3.63, 3.8) is 0 Å². The van der Waals surface area contributed by atoms with Crippen molar-refractivity contribution in [2.45, 2.75) is 19.8 Å². The lowest BCUT2D eigenvalue weighted by Gasteiger charge is -1.97. The molecule has 9 heavy (non-hydrogen) atoms. The van der Waals surface area contributed by atoms with E-state index in [0.717, 1.165) is 18.4 Å². The predicted molar refractivity (Wildman–Crippen MR) is 40.3 cm³/mol. The number of rotatable bonds is 4. The monoisotopic (exact) mass is 126 g/mol. The lowest BCUT2D eigenvalue weighted by atomic mass is 10.1. The van der Waals surface area contributed by atoms with Crippen LogP contribution in [0.3, 0.4) is 0 Å². The van der Waals surface area contributed by atoms with Gasteiger partial charge in [0, 0.05) is 0 Å². The van der Waals surface area contributed by atoms with Gasteiger partial charge < -0.3 is 5.11 Å². The van der Waals surface area contributed by atoms with Crippen molar-refractivity contribution in [1.82, 2.24) is 0 Å². The van der Waals surface area contributed by atoms with E-state index in [2.05, 4.69) is 6.58 Å². The largest absolute Gasteiger partial charge is 0.392 e. The lowest BCUT2D eigenvalue weighted by Crippen LogP contribution is -1.88. The molecule has 52 valence electrons. The maximum Gasteiger partial charge on any atom is 0.0641 e. The molecule has 1 heteroatoms. The maximum atomic E-state index is 8.65. The molecule has 0 bridgehead atoms. The number of aliphatic hydroxyl groups excluding tert-OH is 1. The van der Waals surface area contributed by atoms with Crippen LogP contribution < -0.4 is 0 Å². The Morgan fingerprint density at radius 3 is 2.67 bits per heavy atom. The van der Waals surface area contributed by atoms with E-state index in [1.54, 1.807) is 0 Å². The first kappa shape index (κ1) is 8.44. The highest BCUT2D eigenvalue weighted by molar-refractivity contribution is 5.00. The molecule has 0 saturated heterocycles. The summed E-state index contributed by atoms with van der Waals surface area (Å²) in [6.45, 7) is 5.72. The van der Waals surface area contributed by atoms with Crippen molar-refractivity contribution in [2.24, 2.45) is 0 Å². The van der Waals surface area contributed by atoms with E-state index < -0.39 is 0 Å². The minimum atomic E-state index is 0.185. The predicted octanol–water partition coefficient (Wildman–Crippen LogP) is 1.89. The normalized spacial score (nSPS) is 11.6. The second-order valence-corrected chi connectivity index (χ2v) is 1.93. The summed E-state index contributed by atoms with van der Waals surface area (Å²) in [7, 11) is 0. The van der Waals surface area contributed by atoms with E-state index in [-0.39, 0.29) is 6.61 Å². The summed E-state index contributed by atoms with van der Waals surface area (Å²) < 4.78 is 0. The summed E-state index contributed by atoms with van der Waals surface area (Å²) in [5.74, 6) is 0. The van der Waals surface area contributed by atoms with Crippen LogP contribution in [-0.2, 0) is 0 Å². The lowest BCUT2D eigenvalue weighted by molar-refractivity contribution is 0.326. The zero-order chi connectivity index (χ0) is 7.11. The van der Waals surface area contributed by atoms with Crippen molar-refractivity contribution in [3.8, 4) is 0 Å². The van der Waals surface area contributed by atoms with Gasteiger partial charge in [-0.1, -0.05) is 12.2 Å². The van der Waals surface area contributed by atoms with Crippen molar-refractivity contribution in [1.29, 1.82) is 0 Å². The van der Waals surface area contributed by atoms with Gasteiger partial charge in [-0.05, 0) is 25.3 Å². The van der Waals surface area contributed by atoms with Gasteiger partial charge >= 0.3 is 0 Å². The van der Waals surface area contributed by atoms with Crippen molar-refractivity contribution < 1.29 is 5.11 Å². The molecule has 0 aliphatic heterocycles. The summed E-state index contributed by atoms with van der Waals surface area (Å²) in [5.41, 5.74) is 1.09. The van der Waals surface area contributed by atoms with E-state index in [4.69, 9.17) is 5.11 Å². The summed E-state index contributed by atoms with van der Waals surface area (Å²) in [6, 6.07) is 0. The third-order valence-electron chi connectivity index (χ3n) is 1.28. The summed E-state index contributed by atoms with van der Waals surface area (Å²) in [6.07, 6.45) is 5.71. The molecule has 0 rings (SSSR count). The SMILES string of the molecule is C=CCC/C(=C\C)CO. The average Bonchev–Trinajstić information content (AvgIpc) is 1.91. The fourth-order valence-electron chi connectivity index (χ4n) is 0.602.